The molecule has 0 amide bonds. The van der Waals surface area contributed by atoms with Gasteiger partial charge in [-0.05, 0) is 30.2 Å². The third kappa shape index (κ3) is 1.97. The molecule has 1 aromatic carbocycles. The molecule has 0 atom stereocenters. The Morgan fingerprint density at radius 3 is 2.82 bits per heavy atom. The van der Waals surface area contributed by atoms with Crippen molar-refractivity contribution in [2.75, 3.05) is 4.90 Å². The van der Waals surface area contributed by atoms with E-state index in [-0.39, 0.29) is 0 Å². The molecule has 1 aromatic heterocycles. The molecular formula is C13H14BrN3. The van der Waals surface area contributed by atoms with Gasteiger partial charge in [-0.3, -0.25) is 4.68 Å². The number of nitrogens with zero attached hydrogens (tertiary/aromatic N) is 3. The fourth-order valence-electron chi connectivity index (χ4n) is 2.22. The quantitative estimate of drug-likeness (QED) is 0.847. The minimum atomic E-state index is 0.923. The highest BCUT2D eigenvalue weighted by atomic mass is 79.9. The van der Waals surface area contributed by atoms with Crippen LogP contribution in [-0.2, 0) is 19.6 Å². The predicted molar refractivity (Wildman–Crippen MR) is 71.9 cm³/mol. The van der Waals surface area contributed by atoms with Crippen LogP contribution in [0, 0.1) is 0 Å². The summed E-state index contributed by atoms with van der Waals surface area (Å²) < 4.78 is 3.12. The highest BCUT2D eigenvalue weighted by Crippen LogP contribution is 2.28. The number of benzene rings is 1. The van der Waals surface area contributed by atoms with Crippen molar-refractivity contribution in [3.63, 3.8) is 0 Å². The van der Waals surface area contributed by atoms with Gasteiger partial charge in [0.05, 0.1) is 0 Å². The summed E-state index contributed by atoms with van der Waals surface area (Å²) in [5.74, 6) is 1.07. The van der Waals surface area contributed by atoms with Crippen molar-refractivity contribution in [2.45, 2.75) is 26.6 Å². The van der Waals surface area contributed by atoms with Gasteiger partial charge in [0, 0.05) is 36.4 Å². The summed E-state index contributed by atoms with van der Waals surface area (Å²) in [4.78, 5) is 2.31. The van der Waals surface area contributed by atoms with Gasteiger partial charge in [0.1, 0.15) is 0 Å². The SMILES string of the molecule is CCn1ccc(N2Cc3ccc(Br)cc3C2)n1. The molecule has 1 aliphatic heterocycles. The number of aryl methyl sites for hydroxylation is 1. The maximum Gasteiger partial charge on any atom is 0.151 e. The molecule has 0 spiro atoms. The molecule has 2 aromatic rings. The van der Waals surface area contributed by atoms with E-state index in [0.717, 1.165) is 29.9 Å². The molecule has 2 heterocycles. The van der Waals surface area contributed by atoms with Crippen molar-refractivity contribution in [1.82, 2.24) is 9.78 Å². The lowest BCUT2D eigenvalue weighted by Crippen LogP contribution is -2.15. The molecule has 3 nitrogen and oxygen atoms in total. The lowest BCUT2D eigenvalue weighted by atomic mass is 10.1. The number of hydrogen-bond acceptors (Lipinski definition) is 2. The summed E-state index contributed by atoms with van der Waals surface area (Å²) >= 11 is 3.52. The minimum Gasteiger partial charge on any atom is -0.346 e. The van der Waals surface area contributed by atoms with Gasteiger partial charge in [0.15, 0.2) is 5.82 Å². The maximum absolute atomic E-state index is 4.55. The summed E-state index contributed by atoms with van der Waals surface area (Å²) in [5.41, 5.74) is 2.80. The summed E-state index contributed by atoms with van der Waals surface area (Å²) in [6.45, 7) is 4.94. The van der Waals surface area contributed by atoms with Crippen LogP contribution in [-0.4, -0.2) is 9.78 Å². The largest absolute Gasteiger partial charge is 0.346 e. The highest BCUT2D eigenvalue weighted by molar-refractivity contribution is 9.10. The first-order chi connectivity index (χ1) is 8.26. The van der Waals surface area contributed by atoms with Gasteiger partial charge >= 0.3 is 0 Å². The van der Waals surface area contributed by atoms with Gasteiger partial charge < -0.3 is 4.90 Å². The van der Waals surface area contributed by atoms with Crippen molar-refractivity contribution in [3.8, 4) is 0 Å². The summed E-state index contributed by atoms with van der Waals surface area (Å²) in [7, 11) is 0. The summed E-state index contributed by atoms with van der Waals surface area (Å²) in [5, 5.41) is 4.55. The van der Waals surface area contributed by atoms with Crippen LogP contribution in [0.1, 0.15) is 18.1 Å². The van der Waals surface area contributed by atoms with Crippen LogP contribution in [0.15, 0.2) is 34.9 Å². The Labute approximate surface area is 109 Å². The van der Waals surface area contributed by atoms with Crippen LogP contribution >= 0.6 is 15.9 Å². The average molecular weight is 292 g/mol. The van der Waals surface area contributed by atoms with Crippen molar-refractivity contribution in [3.05, 3.63) is 46.1 Å². The van der Waals surface area contributed by atoms with Crippen molar-refractivity contribution in [1.29, 1.82) is 0 Å². The van der Waals surface area contributed by atoms with E-state index < -0.39 is 0 Å². The summed E-state index contributed by atoms with van der Waals surface area (Å²) in [6.07, 6.45) is 2.04. The molecule has 3 rings (SSSR count). The van der Waals surface area contributed by atoms with Crippen LogP contribution in [0.2, 0.25) is 0 Å². The molecule has 17 heavy (non-hydrogen) atoms. The Kier molecular flexibility index (Phi) is 2.67. The van der Waals surface area contributed by atoms with E-state index in [0.29, 0.717) is 0 Å². The van der Waals surface area contributed by atoms with Gasteiger partial charge in [-0.15, -0.1) is 0 Å². The summed E-state index contributed by atoms with van der Waals surface area (Å²) in [6, 6.07) is 8.58. The standard InChI is InChI=1S/C13H14BrN3/c1-2-17-6-5-13(15-17)16-8-10-3-4-12(14)7-11(10)9-16/h3-7H,2,8-9H2,1H3. The number of hydrogen-bond donors (Lipinski definition) is 0. The molecule has 88 valence electrons. The Bertz CT molecular complexity index is 547. The molecule has 1 aliphatic rings. The second-order valence-electron chi connectivity index (χ2n) is 4.30. The molecule has 0 unspecified atom stereocenters. The Hall–Kier alpha value is -1.29. The molecule has 0 fully saturated rings. The van der Waals surface area contributed by atoms with Crippen LogP contribution in [0.25, 0.3) is 0 Å². The lowest BCUT2D eigenvalue weighted by molar-refractivity contribution is 0.652. The molecule has 0 N–H and O–H groups in total. The van der Waals surface area contributed by atoms with Gasteiger partial charge in [-0.25, -0.2) is 0 Å². The predicted octanol–water partition coefficient (Wildman–Crippen LogP) is 3.19. The third-order valence-corrected chi connectivity index (χ3v) is 3.66. The van der Waals surface area contributed by atoms with Crippen molar-refractivity contribution >= 4 is 21.7 Å². The topological polar surface area (TPSA) is 21.1 Å². The van der Waals surface area contributed by atoms with E-state index in [1.54, 1.807) is 0 Å². The number of anilines is 1. The fourth-order valence-corrected chi connectivity index (χ4v) is 2.63. The zero-order chi connectivity index (χ0) is 11.8. The molecule has 0 aliphatic carbocycles. The lowest BCUT2D eigenvalue weighted by Gasteiger charge is -2.13. The van der Waals surface area contributed by atoms with E-state index in [2.05, 4.69) is 57.1 Å². The number of aromatic nitrogens is 2. The van der Waals surface area contributed by atoms with E-state index in [4.69, 9.17) is 0 Å². The number of rotatable bonds is 2. The second kappa shape index (κ2) is 4.18. The Morgan fingerprint density at radius 2 is 2.06 bits per heavy atom. The fraction of sp³-hybridized carbons (Fsp3) is 0.308. The van der Waals surface area contributed by atoms with Crippen LogP contribution in [0.3, 0.4) is 0 Å². The molecule has 0 saturated heterocycles. The number of fused-ring (bicyclic) bond motifs is 1. The first-order valence-corrected chi connectivity index (χ1v) is 6.61. The van der Waals surface area contributed by atoms with Crippen molar-refractivity contribution < 1.29 is 0 Å². The second-order valence-corrected chi connectivity index (χ2v) is 5.21. The van der Waals surface area contributed by atoms with E-state index in [1.165, 1.54) is 11.1 Å². The first kappa shape index (κ1) is 10.8. The van der Waals surface area contributed by atoms with Crippen LogP contribution in [0.5, 0.6) is 0 Å². The smallest absolute Gasteiger partial charge is 0.151 e. The normalized spacial score (nSPS) is 14.1. The zero-order valence-electron chi connectivity index (χ0n) is 9.73. The maximum atomic E-state index is 4.55. The van der Waals surface area contributed by atoms with Gasteiger partial charge in [-0.1, -0.05) is 22.0 Å². The van der Waals surface area contributed by atoms with Gasteiger partial charge in [0.2, 0.25) is 0 Å². The number of halogens is 1. The molecular weight excluding hydrogens is 278 g/mol. The molecule has 0 radical (unpaired) electrons. The Balaban J connectivity index is 1.86. The Morgan fingerprint density at radius 1 is 1.24 bits per heavy atom. The average Bonchev–Trinajstić information content (AvgIpc) is 2.93. The van der Waals surface area contributed by atoms with E-state index in [1.807, 2.05) is 10.9 Å². The monoisotopic (exact) mass is 291 g/mol. The molecule has 0 bridgehead atoms. The van der Waals surface area contributed by atoms with Crippen LogP contribution in [0.4, 0.5) is 5.82 Å². The van der Waals surface area contributed by atoms with E-state index >= 15 is 0 Å². The van der Waals surface area contributed by atoms with Crippen LogP contribution < -0.4 is 4.90 Å². The third-order valence-electron chi connectivity index (χ3n) is 3.17. The first-order valence-electron chi connectivity index (χ1n) is 5.82. The molecule has 0 saturated carbocycles. The zero-order valence-corrected chi connectivity index (χ0v) is 11.3. The van der Waals surface area contributed by atoms with E-state index in [9.17, 15) is 0 Å². The molecule has 4 heteroatoms. The minimum absolute atomic E-state index is 0.923. The highest BCUT2D eigenvalue weighted by Gasteiger charge is 2.20. The van der Waals surface area contributed by atoms with Gasteiger partial charge in [-0.2, -0.15) is 5.10 Å². The van der Waals surface area contributed by atoms with Gasteiger partial charge in [0.25, 0.3) is 0 Å². The van der Waals surface area contributed by atoms with Crippen molar-refractivity contribution in [2.24, 2.45) is 0 Å².